The summed E-state index contributed by atoms with van der Waals surface area (Å²) in [4.78, 5) is 0. The van der Waals surface area contributed by atoms with Gasteiger partial charge < -0.3 is 5.11 Å². The van der Waals surface area contributed by atoms with Crippen LogP contribution in [0.25, 0.3) is 0 Å². The van der Waals surface area contributed by atoms with E-state index in [2.05, 4.69) is 0 Å². The molecular formula is C16H17FO3S. The predicted octanol–water partition coefficient (Wildman–Crippen LogP) is 2.78. The van der Waals surface area contributed by atoms with E-state index in [9.17, 15) is 17.9 Å². The average Bonchev–Trinajstić information content (AvgIpc) is 2.38. The zero-order valence-corrected chi connectivity index (χ0v) is 12.5. The summed E-state index contributed by atoms with van der Waals surface area (Å²) < 4.78 is 37.1. The minimum Gasteiger partial charge on any atom is -0.387 e. The van der Waals surface area contributed by atoms with Gasteiger partial charge in [-0.15, -0.1) is 0 Å². The summed E-state index contributed by atoms with van der Waals surface area (Å²) in [7, 11) is -3.45. The Morgan fingerprint density at radius 1 is 1.14 bits per heavy atom. The highest BCUT2D eigenvalue weighted by Gasteiger charge is 2.19. The molecule has 2 aromatic rings. The Morgan fingerprint density at radius 3 is 2.43 bits per heavy atom. The summed E-state index contributed by atoms with van der Waals surface area (Å²) in [6.07, 6.45) is -1.15. The molecule has 0 spiro atoms. The zero-order chi connectivity index (χ0) is 15.5. The van der Waals surface area contributed by atoms with Crippen molar-refractivity contribution < 1.29 is 17.9 Å². The van der Waals surface area contributed by atoms with E-state index in [-0.39, 0.29) is 11.5 Å². The molecule has 5 heteroatoms. The fraction of sp³-hybridized carbons (Fsp3) is 0.250. The van der Waals surface area contributed by atoms with Crippen LogP contribution in [0.1, 0.15) is 22.8 Å². The van der Waals surface area contributed by atoms with Crippen molar-refractivity contribution in [1.29, 1.82) is 0 Å². The molecule has 0 radical (unpaired) electrons. The van der Waals surface area contributed by atoms with Crippen LogP contribution in [0.4, 0.5) is 4.39 Å². The molecule has 0 bridgehead atoms. The molecule has 0 aliphatic carbocycles. The molecule has 1 atom stereocenters. The van der Waals surface area contributed by atoms with Crippen molar-refractivity contribution in [2.75, 3.05) is 5.75 Å². The summed E-state index contributed by atoms with van der Waals surface area (Å²) in [6.45, 7) is 1.89. The smallest absolute Gasteiger partial charge is 0.157 e. The lowest BCUT2D eigenvalue weighted by Crippen LogP contribution is -2.16. The molecule has 1 N–H and O–H groups in total. The second kappa shape index (κ2) is 6.37. The molecule has 3 nitrogen and oxygen atoms in total. The van der Waals surface area contributed by atoms with Gasteiger partial charge in [0.15, 0.2) is 9.84 Å². The molecule has 0 saturated carbocycles. The van der Waals surface area contributed by atoms with Crippen molar-refractivity contribution >= 4 is 9.84 Å². The highest BCUT2D eigenvalue weighted by molar-refractivity contribution is 7.90. The standard InChI is InChI=1S/C16H17FO3S/c1-12-3-2-4-13(9-12)10-21(19,20)11-16(18)14-5-7-15(17)8-6-14/h2-9,16,18H,10-11H2,1H3. The first-order chi connectivity index (χ1) is 9.85. The minimum atomic E-state index is -3.45. The molecule has 112 valence electrons. The SMILES string of the molecule is Cc1cccc(CS(=O)(=O)CC(O)c2ccc(F)cc2)c1. The first-order valence-electron chi connectivity index (χ1n) is 6.55. The van der Waals surface area contributed by atoms with Gasteiger partial charge in [-0.2, -0.15) is 0 Å². The Bertz CT molecular complexity index is 709. The number of sulfone groups is 1. The maximum atomic E-state index is 12.8. The zero-order valence-electron chi connectivity index (χ0n) is 11.7. The van der Waals surface area contributed by atoms with Crippen LogP contribution in [0.3, 0.4) is 0 Å². The third-order valence-corrected chi connectivity index (χ3v) is 4.73. The second-order valence-corrected chi connectivity index (χ2v) is 7.22. The Kier molecular flexibility index (Phi) is 4.75. The monoisotopic (exact) mass is 308 g/mol. The van der Waals surface area contributed by atoms with Gasteiger partial charge in [0.05, 0.1) is 17.6 Å². The van der Waals surface area contributed by atoms with Gasteiger partial charge in [0.2, 0.25) is 0 Å². The van der Waals surface area contributed by atoms with Crippen molar-refractivity contribution in [3.8, 4) is 0 Å². The predicted molar refractivity (Wildman–Crippen MR) is 80.0 cm³/mol. The minimum absolute atomic E-state index is 0.118. The first-order valence-corrected chi connectivity index (χ1v) is 8.37. The molecule has 1 unspecified atom stereocenters. The molecule has 0 heterocycles. The summed E-state index contributed by atoms with van der Waals surface area (Å²) in [5.74, 6) is -0.923. The van der Waals surface area contributed by atoms with Crippen LogP contribution in [0.5, 0.6) is 0 Å². The highest BCUT2D eigenvalue weighted by Crippen LogP contribution is 2.18. The highest BCUT2D eigenvalue weighted by atomic mass is 32.2. The van der Waals surface area contributed by atoms with E-state index in [1.54, 1.807) is 12.1 Å². The second-order valence-electron chi connectivity index (χ2n) is 5.11. The number of hydrogen-bond donors (Lipinski definition) is 1. The van der Waals surface area contributed by atoms with E-state index in [4.69, 9.17) is 0 Å². The van der Waals surface area contributed by atoms with E-state index >= 15 is 0 Å². The maximum Gasteiger partial charge on any atom is 0.157 e. The fourth-order valence-corrected chi connectivity index (χ4v) is 3.62. The van der Waals surface area contributed by atoms with Crippen LogP contribution < -0.4 is 0 Å². The van der Waals surface area contributed by atoms with Crippen LogP contribution in [0.15, 0.2) is 48.5 Å². The van der Waals surface area contributed by atoms with Gasteiger partial charge in [-0.1, -0.05) is 42.0 Å². The van der Waals surface area contributed by atoms with E-state index in [1.165, 1.54) is 24.3 Å². The largest absolute Gasteiger partial charge is 0.387 e. The first kappa shape index (κ1) is 15.7. The number of benzene rings is 2. The van der Waals surface area contributed by atoms with Crippen LogP contribution in [-0.2, 0) is 15.6 Å². The Morgan fingerprint density at radius 2 is 1.81 bits per heavy atom. The lowest BCUT2D eigenvalue weighted by Gasteiger charge is -2.12. The summed E-state index contributed by atoms with van der Waals surface area (Å²) in [5.41, 5.74) is 2.08. The van der Waals surface area contributed by atoms with Gasteiger partial charge >= 0.3 is 0 Å². The van der Waals surface area contributed by atoms with Crippen LogP contribution in [0, 0.1) is 12.7 Å². The molecule has 21 heavy (non-hydrogen) atoms. The van der Waals surface area contributed by atoms with Gasteiger partial charge in [0, 0.05) is 0 Å². The molecule has 0 fully saturated rings. The molecule has 2 rings (SSSR count). The van der Waals surface area contributed by atoms with E-state index < -0.39 is 21.8 Å². The molecular weight excluding hydrogens is 291 g/mol. The third kappa shape index (κ3) is 4.65. The van der Waals surface area contributed by atoms with Gasteiger partial charge in [-0.3, -0.25) is 0 Å². The van der Waals surface area contributed by atoms with Crippen molar-refractivity contribution in [1.82, 2.24) is 0 Å². The quantitative estimate of drug-likeness (QED) is 0.924. The van der Waals surface area contributed by atoms with Crippen LogP contribution >= 0.6 is 0 Å². The Balaban J connectivity index is 2.08. The van der Waals surface area contributed by atoms with E-state index in [0.29, 0.717) is 11.1 Å². The summed E-state index contributed by atoms with van der Waals surface area (Å²) in [6, 6.07) is 12.4. The Labute approximate surface area is 124 Å². The average molecular weight is 308 g/mol. The van der Waals surface area contributed by atoms with Gasteiger partial charge in [0.1, 0.15) is 5.82 Å². The van der Waals surface area contributed by atoms with Crippen molar-refractivity contribution in [2.24, 2.45) is 0 Å². The van der Waals surface area contributed by atoms with Crippen molar-refractivity contribution in [2.45, 2.75) is 18.8 Å². The Hall–Kier alpha value is -1.72. The van der Waals surface area contributed by atoms with Gasteiger partial charge in [0.25, 0.3) is 0 Å². The molecule has 0 amide bonds. The number of halogens is 1. The number of rotatable bonds is 5. The molecule has 0 aliphatic heterocycles. The summed E-state index contributed by atoms with van der Waals surface area (Å²) in [5, 5.41) is 9.98. The lowest BCUT2D eigenvalue weighted by atomic mass is 10.1. The maximum absolute atomic E-state index is 12.8. The van der Waals surface area contributed by atoms with Crippen molar-refractivity contribution in [3.05, 3.63) is 71.0 Å². The number of aliphatic hydroxyl groups excluding tert-OH is 1. The summed E-state index contributed by atoms with van der Waals surface area (Å²) >= 11 is 0. The molecule has 0 aliphatic rings. The molecule has 0 aromatic heterocycles. The number of hydrogen-bond acceptors (Lipinski definition) is 3. The fourth-order valence-electron chi connectivity index (χ4n) is 2.14. The van der Waals surface area contributed by atoms with Crippen molar-refractivity contribution in [3.63, 3.8) is 0 Å². The van der Waals surface area contributed by atoms with Crippen LogP contribution in [-0.4, -0.2) is 19.3 Å². The number of aryl methyl sites for hydroxylation is 1. The molecule has 2 aromatic carbocycles. The van der Waals surface area contributed by atoms with Crippen LogP contribution in [0.2, 0.25) is 0 Å². The van der Waals surface area contributed by atoms with Gasteiger partial charge in [-0.25, -0.2) is 12.8 Å². The third-order valence-electron chi connectivity index (χ3n) is 3.14. The van der Waals surface area contributed by atoms with Gasteiger partial charge in [-0.05, 0) is 30.2 Å². The van der Waals surface area contributed by atoms with E-state index in [0.717, 1.165) is 5.56 Å². The van der Waals surface area contributed by atoms with E-state index in [1.807, 2.05) is 19.1 Å². The lowest BCUT2D eigenvalue weighted by molar-refractivity contribution is 0.201. The molecule has 0 saturated heterocycles. The normalized spacial score (nSPS) is 13.1. The number of aliphatic hydroxyl groups is 1. The topological polar surface area (TPSA) is 54.4 Å².